The number of aromatic nitrogens is 1. The highest BCUT2D eigenvalue weighted by Crippen LogP contribution is 2.25. The molecule has 1 aromatic carbocycles. The molecule has 0 fully saturated rings. The fraction of sp³-hybridized carbons (Fsp3) is 0.286. The molecule has 1 aromatic heterocycles. The van der Waals surface area contributed by atoms with Crippen LogP contribution in [0.25, 0.3) is 10.9 Å². The van der Waals surface area contributed by atoms with Crippen LogP contribution in [0.3, 0.4) is 0 Å². The summed E-state index contributed by atoms with van der Waals surface area (Å²) in [5.74, 6) is 0.836. The first-order valence-corrected chi connectivity index (χ1v) is 7.18. The molecule has 0 aliphatic heterocycles. The van der Waals surface area contributed by atoms with Gasteiger partial charge in [-0.15, -0.1) is 11.8 Å². The Kier molecular flexibility index (Phi) is 4.68. The summed E-state index contributed by atoms with van der Waals surface area (Å²) < 4.78 is 15.4. The molecule has 1 atom stereocenters. The Morgan fingerprint density at radius 1 is 1.25 bits per heavy atom. The van der Waals surface area contributed by atoms with E-state index in [0.717, 1.165) is 10.9 Å². The number of nitrogens with zero attached hydrogens (tertiary/aromatic N) is 1. The van der Waals surface area contributed by atoms with Crippen molar-refractivity contribution in [1.82, 2.24) is 4.98 Å². The lowest BCUT2D eigenvalue weighted by Gasteiger charge is -2.14. The van der Waals surface area contributed by atoms with Gasteiger partial charge in [0.25, 0.3) is 0 Å². The van der Waals surface area contributed by atoms with Crippen molar-refractivity contribution in [3.8, 4) is 11.5 Å². The first kappa shape index (κ1) is 14.5. The van der Waals surface area contributed by atoms with Crippen LogP contribution in [0, 0.1) is 0 Å². The maximum absolute atomic E-state index is 11.5. The van der Waals surface area contributed by atoms with E-state index >= 15 is 0 Å². The zero-order valence-electron chi connectivity index (χ0n) is 11.5. The minimum absolute atomic E-state index is 0.415. The number of rotatable bonds is 5. The molecule has 6 heteroatoms. The fourth-order valence-electron chi connectivity index (χ4n) is 1.69. The van der Waals surface area contributed by atoms with E-state index in [1.165, 1.54) is 18.9 Å². The van der Waals surface area contributed by atoms with Crippen LogP contribution in [0.1, 0.15) is 0 Å². The Balaban J connectivity index is 2.28. The van der Waals surface area contributed by atoms with Crippen LogP contribution < -0.4 is 9.47 Å². The van der Waals surface area contributed by atoms with Gasteiger partial charge in [0.1, 0.15) is 11.5 Å². The number of thioether (sulfide) groups is 1. The molecule has 0 N–H and O–H groups in total. The lowest BCUT2D eigenvalue weighted by atomic mass is 10.2. The Labute approximate surface area is 121 Å². The van der Waals surface area contributed by atoms with E-state index in [1.807, 2.05) is 18.2 Å². The summed E-state index contributed by atoms with van der Waals surface area (Å²) in [7, 11) is 2.92. The Hall–Kier alpha value is -1.95. The minimum atomic E-state index is -0.684. The molecule has 0 saturated carbocycles. The van der Waals surface area contributed by atoms with Gasteiger partial charge in [0, 0.05) is 5.39 Å². The van der Waals surface area contributed by atoms with Crippen molar-refractivity contribution in [3.63, 3.8) is 0 Å². The second kappa shape index (κ2) is 6.47. The third-order valence-electron chi connectivity index (χ3n) is 2.71. The van der Waals surface area contributed by atoms with Gasteiger partial charge in [0.15, 0.2) is 0 Å². The average Bonchev–Trinajstić information content (AvgIpc) is 2.50. The van der Waals surface area contributed by atoms with Crippen LogP contribution in [-0.2, 0) is 9.53 Å². The molecule has 0 spiro atoms. The van der Waals surface area contributed by atoms with Gasteiger partial charge >= 0.3 is 5.97 Å². The van der Waals surface area contributed by atoms with E-state index in [1.54, 1.807) is 25.6 Å². The molecule has 2 rings (SSSR count). The molecule has 0 aliphatic carbocycles. The predicted molar refractivity (Wildman–Crippen MR) is 78.2 cm³/mol. The molecule has 1 unspecified atom stereocenters. The summed E-state index contributed by atoms with van der Waals surface area (Å²) in [6.45, 7) is 0. The van der Waals surface area contributed by atoms with E-state index in [-0.39, 0.29) is 0 Å². The molecule has 0 bridgehead atoms. The van der Waals surface area contributed by atoms with Crippen LogP contribution in [-0.4, -0.2) is 36.9 Å². The largest absolute Gasteiger partial charge is 0.495 e. The van der Waals surface area contributed by atoms with Gasteiger partial charge in [0.2, 0.25) is 5.44 Å². The summed E-state index contributed by atoms with van der Waals surface area (Å²) in [5.41, 5.74) is 0.146. The second-order valence-corrected chi connectivity index (χ2v) is 4.84. The smallest absolute Gasteiger partial charge is 0.357 e. The summed E-state index contributed by atoms with van der Waals surface area (Å²) in [6, 6.07) is 7.28. The molecular formula is C14H15NO4S. The normalized spacial score (nSPS) is 11.9. The summed E-state index contributed by atoms with van der Waals surface area (Å²) in [6.07, 6.45) is 3.44. The maximum Gasteiger partial charge on any atom is 0.357 e. The second-order valence-electron chi connectivity index (χ2n) is 3.94. The molecule has 0 amide bonds. The molecule has 0 saturated heterocycles. The summed E-state index contributed by atoms with van der Waals surface area (Å²) in [5, 5.41) is 0.881. The van der Waals surface area contributed by atoms with Gasteiger partial charge in [-0.05, 0) is 30.5 Å². The number of ether oxygens (including phenoxy) is 3. The van der Waals surface area contributed by atoms with Gasteiger partial charge in [-0.3, -0.25) is 4.98 Å². The van der Waals surface area contributed by atoms with Crippen molar-refractivity contribution in [2.24, 2.45) is 0 Å². The summed E-state index contributed by atoms with van der Waals surface area (Å²) >= 11 is 1.27. The maximum atomic E-state index is 11.5. The number of fused-ring (bicyclic) bond motifs is 1. The quantitative estimate of drug-likeness (QED) is 0.623. The number of hydrogen-bond donors (Lipinski definition) is 0. The van der Waals surface area contributed by atoms with Crippen molar-refractivity contribution >= 4 is 28.6 Å². The van der Waals surface area contributed by atoms with Gasteiger partial charge in [0.05, 0.1) is 25.9 Å². The number of carbonyl (C=O) groups excluding carboxylic acids is 1. The van der Waals surface area contributed by atoms with Gasteiger partial charge in [-0.2, -0.15) is 0 Å². The Morgan fingerprint density at radius 3 is 2.65 bits per heavy atom. The number of esters is 1. The minimum Gasteiger partial charge on any atom is -0.495 e. The molecule has 106 valence electrons. The third-order valence-corrected chi connectivity index (χ3v) is 3.43. The number of methoxy groups -OCH3 is 2. The number of benzene rings is 1. The van der Waals surface area contributed by atoms with E-state index in [0.29, 0.717) is 11.5 Å². The van der Waals surface area contributed by atoms with Gasteiger partial charge < -0.3 is 14.2 Å². The highest BCUT2D eigenvalue weighted by Gasteiger charge is 2.19. The van der Waals surface area contributed by atoms with Crippen LogP contribution >= 0.6 is 11.8 Å². The average molecular weight is 293 g/mol. The first-order chi connectivity index (χ1) is 9.67. The van der Waals surface area contributed by atoms with E-state index in [4.69, 9.17) is 9.47 Å². The topological polar surface area (TPSA) is 57.7 Å². The van der Waals surface area contributed by atoms with Crippen LogP contribution in [0.15, 0.2) is 30.5 Å². The molecule has 0 radical (unpaired) electrons. The SMILES string of the molecule is COC(=O)C(Oc1ccc2ncc(OC)cc2c1)SC. The number of hydrogen-bond acceptors (Lipinski definition) is 6. The molecular weight excluding hydrogens is 278 g/mol. The first-order valence-electron chi connectivity index (χ1n) is 5.89. The number of carbonyl (C=O) groups is 1. The van der Waals surface area contributed by atoms with Gasteiger partial charge in [-0.1, -0.05) is 0 Å². The molecule has 5 nitrogen and oxygen atoms in total. The van der Waals surface area contributed by atoms with Crippen molar-refractivity contribution in [3.05, 3.63) is 30.5 Å². The molecule has 2 aromatic rings. The van der Waals surface area contributed by atoms with E-state index in [2.05, 4.69) is 9.72 Å². The molecule has 1 heterocycles. The number of pyridine rings is 1. The summed E-state index contributed by atoms with van der Waals surface area (Å²) in [4.78, 5) is 15.8. The van der Waals surface area contributed by atoms with Gasteiger partial charge in [-0.25, -0.2) is 4.79 Å². The third kappa shape index (κ3) is 3.14. The van der Waals surface area contributed by atoms with E-state index < -0.39 is 11.4 Å². The van der Waals surface area contributed by atoms with E-state index in [9.17, 15) is 4.79 Å². The highest BCUT2D eigenvalue weighted by molar-refractivity contribution is 7.99. The Morgan fingerprint density at radius 2 is 2.00 bits per heavy atom. The fourth-order valence-corrected chi connectivity index (χ4v) is 2.18. The van der Waals surface area contributed by atoms with Crippen LogP contribution in [0.4, 0.5) is 0 Å². The monoisotopic (exact) mass is 293 g/mol. The van der Waals surface area contributed by atoms with Crippen molar-refractivity contribution < 1.29 is 19.0 Å². The zero-order valence-corrected chi connectivity index (χ0v) is 12.3. The van der Waals surface area contributed by atoms with Crippen molar-refractivity contribution in [2.45, 2.75) is 5.44 Å². The zero-order chi connectivity index (χ0) is 14.5. The highest BCUT2D eigenvalue weighted by atomic mass is 32.2. The van der Waals surface area contributed by atoms with Crippen molar-refractivity contribution in [1.29, 1.82) is 0 Å². The lowest BCUT2D eigenvalue weighted by Crippen LogP contribution is -2.24. The standard InChI is InChI=1S/C14H15NO4S/c1-17-11-7-9-6-10(4-5-12(9)15-8-11)19-14(20-3)13(16)18-2/h4-8,14H,1-3H3. The van der Waals surface area contributed by atoms with Crippen LogP contribution in [0.2, 0.25) is 0 Å². The Bertz CT molecular complexity index is 617. The van der Waals surface area contributed by atoms with Crippen LogP contribution in [0.5, 0.6) is 11.5 Å². The molecule has 0 aliphatic rings. The lowest BCUT2D eigenvalue weighted by molar-refractivity contribution is -0.144. The molecule has 20 heavy (non-hydrogen) atoms. The van der Waals surface area contributed by atoms with Crippen molar-refractivity contribution in [2.75, 3.05) is 20.5 Å². The predicted octanol–water partition coefficient (Wildman–Crippen LogP) is 2.48.